The quantitative estimate of drug-likeness (QED) is 0.327. The Morgan fingerprint density at radius 3 is 2.43 bits per heavy atom. The highest BCUT2D eigenvalue weighted by molar-refractivity contribution is 5.30. The Morgan fingerprint density at radius 1 is 0.941 bits per heavy atom. The molecule has 3 N–H and O–H groups in total. The fraction of sp³-hybridized carbons (Fsp3) is 1.00. The minimum absolute atomic E-state index is 0.0420. The summed E-state index contributed by atoms with van der Waals surface area (Å²) < 4.78 is 31.6. The third-order valence-electron chi connectivity index (χ3n) is 17.2. The van der Waals surface area contributed by atoms with Crippen molar-refractivity contribution in [2.75, 3.05) is 59.2 Å². The Hall–Kier alpha value is -0.400. The van der Waals surface area contributed by atoms with E-state index in [1.807, 2.05) is 0 Å². The summed E-state index contributed by atoms with van der Waals surface area (Å²) in [7, 11) is 0. The van der Waals surface area contributed by atoms with Gasteiger partial charge >= 0.3 is 0 Å². The van der Waals surface area contributed by atoms with Gasteiger partial charge in [0.15, 0.2) is 6.29 Å². The summed E-state index contributed by atoms with van der Waals surface area (Å²) in [6.45, 7) is 20.1. The lowest BCUT2D eigenvalue weighted by Gasteiger charge is -2.60. The number of hydrogen-bond donors (Lipinski definition) is 3. The lowest BCUT2D eigenvalue weighted by Crippen LogP contribution is -2.68. The summed E-state index contributed by atoms with van der Waals surface area (Å²) in [6.07, 6.45) is 7.70. The maximum atomic E-state index is 12.4. The first-order chi connectivity index (χ1) is 24.2. The van der Waals surface area contributed by atoms with Crippen LogP contribution in [0.2, 0.25) is 0 Å². The molecular weight excluding hydrogens is 648 g/mol. The largest absolute Gasteiger partial charge is 0.394 e. The van der Waals surface area contributed by atoms with E-state index in [1.165, 1.54) is 32.1 Å². The van der Waals surface area contributed by atoms with Gasteiger partial charge in [0, 0.05) is 32.2 Å². The van der Waals surface area contributed by atoms with Crippen LogP contribution in [0.5, 0.6) is 0 Å². The van der Waals surface area contributed by atoms with E-state index in [1.54, 1.807) is 13.8 Å². The van der Waals surface area contributed by atoms with Crippen molar-refractivity contribution in [1.82, 2.24) is 9.80 Å². The second-order valence-corrected chi connectivity index (χ2v) is 20.4. The monoisotopic (exact) mass is 716 g/mol. The van der Waals surface area contributed by atoms with E-state index >= 15 is 0 Å². The molecule has 14 atom stereocenters. The zero-order valence-corrected chi connectivity index (χ0v) is 32.3. The first-order valence-corrected chi connectivity index (χ1v) is 20.8. The molecule has 0 aromatic heterocycles. The number of aliphatic hydroxyl groups is 3. The van der Waals surface area contributed by atoms with Gasteiger partial charge in [-0.3, -0.25) is 9.80 Å². The second kappa shape index (κ2) is 12.6. The number of likely N-dealkylation sites (tertiary alicyclic amines) is 1. The number of rotatable bonds is 9. The Morgan fingerprint density at radius 2 is 1.73 bits per heavy atom. The van der Waals surface area contributed by atoms with Gasteiger partial charge in [0.25, 0.3) is 0 Å². The first kappa shape index (κ1) is 36.3. The molecule has 0 aromatic rings. The highest BCUT2D eigenvalue weighted by atomic mass is 16.7. The van der Waals surface area contributed by atoms with Crippen LogP contribution in [0.15, 0.2) is 0 Å². The molecule has 4 saturated heterocycles. The molecule has 0 bridgehead atoms. The molecule has 5 saturated carbocycles. The summed E-state index contributed by atoms with van der Waals surface area (Å²) in [5.74, 6) is 2.04. The maximum absolute atomic E-state index is 12.4. The van der Waals surface area contributed by atoms with E-state index in [0.717, 1.165) is 65.3 Å². The smallest absolute Gasteiger partial charge is 0.170 e. The van der Waals surface area contributed by atoms with Crippen molar-refractivity contribution in [3.8, 4) is 0 Å². The third kappa shape index (κ3) is 5.37. The third-order valence-corrected chi connectivity index (χ3v) is 17.2. The van der Waals surface area contributed by atoms with Gasteiger partial charge < -0.3 is 39.0 Å². The molecule has 9 fully saturated rings. The van der Waals surface area contributed by atoms with Crippen molar-refractivity contribution < 1.29 is 39.0 Å². The lowest BCUT2D eigenvalue weighted by atomic mass is 9.46. The second-order valence-electron chi connectivity index (χ2n) is 20.4. The van der Waals surface area contributed by atoms with Gasteiger partial charge in [-0.25, -0.2) is 0 Å². The number of ether oxygens (including phenoxy) is 5. The predicted octanol–water partition coefficient (Wildman–Crippen LogP) is 3.68. The number of aliphatic hydroxyl groups excluding tert-OH is 2. The number of fused-ring (bicyclic) bond motifs is 4. The molecule has 10 nitrogen and oxygen atoms in total. The standard InChI is InChI=1S/C41H68N2O8/c1-24-17-28(36(38(4,5)46)49-16-14-44)50-35-32(24)39(6)11-12-40-23-41(40)10-9-30(37(2,3)29(41)8-7-27(40)33(39)34(35)45)51-31-20-42(13-15-48-31)25-18-43(19-25)26-21-47-22-26/h24-36,44-46H,7-23H2,1-6H3/t24-,27+,28-,29+,30+,31+,32+,33?,34-,35+,36+,39-,40+,41?/m1/s1. The molecule has 5 aliphatic carbocycles. The highest BCUT2D eigenvalue weighted by Crippen LogP contribution is 2.87. The molecule has 290 valence electrons. The SMILES string of the molecule is C[C@@H]1C[C@H]([C@H](OCCO)C(C)(C)O)O[C@H]2[C@H]1[C@@]1(C)CC[C@@]34CC35CC[C@H](O[C@H]3CN(C6CN(C7COC7)C6)CCO3)C(C)(C)[C@@H]5CC[C@H]4C1[C@H]2O. The van der Waals surface area contributed by atoms with Crippen LogP contribution in [0.4, 0.5) is 0 Å². The summed E-state index contributed by atoms with van der Waals surface area (Å²) in [6, 6.07) is 1.24. The van der Waals surface area contributed by atoms with E-state index in [4.69, 9.17) is 23.7 Å². The zero-order chi connectivity index (χ0) is 35.7. The molecule has 4 heterocycles. The number of hydrogen-bond acceptors (Lipinski definition) is 10. The van der Waals surface area contributed by atoms with Gasteiger partial charge in [-0.1, -0.05) is 27.7 Å². The van der Waals surface area contributed by atoms with Crippen molar-refractivity contribution >= 4 is 0 Å². The fourth-order valence-corrected chi connectivity index (χ4v) is 14.9. The van der Waals surface area contributed by atoms with E-state index in [9.17, 15) is 15.3 Å². The zero-order valence-electron chi connectivity index (χ0n) is 32.3. The predicted molar refractivity (Wildman–Crippen MR) is 191 cm³/mol. The molecule has 9 rings (SSSR count). The van der Waals surface area contributed by atoms with Crippen LogP contribution in [-0.4, -0.2) is 139 Å². The average Bonchev–Trinajstić information content (AvgIpc) is 3.63. The lowest BCUT2D eigenvalue weighted by molar-refractivity contribution is -0.252. The van der Waals surface area contributed by atoms with Crippen LogP contribution in [0.25, 0.3) is 0 Å². The van der Waals surface area contributed by atoms with Gasteiger partial charge in [0.05, 0.1) is 69.1 Å². The van der Waals surface area contributed by atoms with Crippen LogP contribution < -0.4 is 0 Å². The Kier molecular flexibility index (Phi) is 8.92. The van der Waals surface area contributed by atoms with E-state index in [0.29, 0.717) is 46.6 Å². The van der Waals surface area contributed by atoms with E-state index in [2.05, 4.69) is 37.5 Å². The normalized spacial score (nSPS) is 50.5. The Balaban J connectivity index is 0.883. The Labute approximate surface area is 306 Å². The van der Waals surface area contributed by atoms with Crippen LogP contribution in [0.1, 0.15) is 92.9 Å². The van der Waals surface area contributed by atoms with E-state index < -0.39 is 17.8 Å². The van der Waals surface area contributed by atoms with Crippen LogP contribution in [-0.2, 0) is 23.7 Å². The molecule has 0 radical (unpaired) electrons. The van der Waals surface area contributed by atoms with Crippen LogP contribution >= 0.6 is 0 Å². The van der Waals surface area contributed by atoms with Gasteiger partial charge in [0.2, 0.25) is 0 Å². The molecule has 0 aromatic carbocycles. The van der Waals surface area contributed by atoms with Gasteiger partial charge in [-0.15, -0.1) is 0 Å². The molecule has 9 aliphatic rings. The van der Waals surface area contributed by atoms with Gasteiger partial charge in [-0.2, -0.15) is 0 Å². The molecule has 2 unspecified atom stereocenters. The number of morpholine rings is 1. The molecule has 2 spiro atoms. The van der Waals surface area contributed by atoms with Crippen molar-refractivity contribution in [2.45, 2.75) is 147 Å². The summed E-state index contributed by atoms with van der Waals surface area (Å²) in [5.41, 5.74) is -0.325. The molecule has 0 amide bonds. The average molecular weight is 717 g/mol. The molecule has 51 heavy (non-hydrogen) atoms. The van der Waals surface area contributed by atoms with Gasteiger partial charge in [-0.05, 0) is 116 Å². The highest BCUT2D eigenvalue weighted by Gasteiger charge is 2.82. The van der Waals surface area contributed by atoms with Crippen molar-refractivity contribution in [1.29, 1.82) is 0 Å². The fourth-order valence-electron chi connectivity index (χ4n) is 14.9. The minimum Gasteiger partial charge on any atom is -0.394 e. The summed E-state index contributed by atoms with van der Waals surface area (Å²) in [4.78, 5) is 5.19. The Bertz CT molecular complexity index is 1300. The van der Waals surface area contributed by atoms with Crippen LogP contribution in [0, 0.1) is 51.2 Å². The summed E-state index contributed by atoms with van der Waals surface area (Å²) >= 11 is 0. The van der Waals surface area contributed by atoms with Crippen molar-refractivity contribution in [3.63, 3.8) is 0 Å². The first-order valence-electron chi connectivity index (χ1n) is 20.8. The minimum atomic E-state index is -1.11. The maximum Gasteiger partial charge on any atom is 0.170 e. The van der Waals surface area contributed by atoms with Crippen molar-refractivity contribution in [2.24, 2.45) is 51.2 Å². The topological polar surface area (TPSA) is 113 Å². The molecule has 10 heteroatoms. The summed E-state index contributed by atoms with van der Waals surface area (Å²) in [5, 5.41) is 33.0. The molecular formula is C41H68N2O8. The molecule has 4 aliphatic heterocycles. The van der Waals surface area contributed by atoms with Crippen LogP contribution in [0.3, 0.4) is 0 Å². The van der Waals surface area contributed by atoms with Gasteiger partial charge in [0.1, 0.15) is 6.10 Å². The number of nitrogens with zero attached hydrogens (tertiary/aromatic N) is 2. The van der Waals surface area contributed by atoms with E-state index in [-0.39, 0.29) is 54.6 Å². The van der Waals surface area contributed by atoms with Crippen molar-refractivity contribution in [3.05, 3.63) is 0 Å².